The summed E-state index contributed by atoms with van der Waals surface area (Å²) in [5.74, 6) is 0.156. The standard InChI is InChI=1S/C10H14ClN3O/c1-7(13-6-10(12)14-15)8-3-2-4-9(11)5-8/h2-5,7,13,15H,6H2,1H3,(H2,12,14)/t7-/m0/s1. The van der Waals surface area contributed by atoms with Crippen molar-refractivity contribution in [1.29, 1.82) is 0 Å². The highest BCUT2D eigenvalue weighted by Crippen LogP contribution is 2.16. The minimum atomic E-state index is 0.101. The largest absolute Gasteiger partial charge is 0.409 e. The fraction of sp³-hybridized carbons (Fsp3) is 0.300. The molecule has 1 aromatic rings. The average molecular weight is 228 g/mol. The second-order valence-electron chi connectivity index (χ2n) is 3.25. The first-order chi connectivity index (χ1) is 7.13. The maximum Gasteiger partial charge on any atom is 0.153 e. The van der Waals surface area contributed by atoms with Crippen LogP contribution >= 0.6 is 11.6 Å². The van der Waals surface area contributed by atoms with Gasteiger partial charge in [0.1, 0.15) is 0 Å². The molecule has 0 bridgehead atoms. The number of nitrogens with two attached hydrogens (primary N) is 1. The summed E-state index contributed by atoms with van der Waals surface area (Å²) in [5, 5.41) is 15.0. The van der Waals surface area contributed by atoms with Crippen molar-refractivity contribution >= 4 is 17.4 Å². The van der Waals surface area contributed by atoms with E-state index in [1.807, 2.05) is 31.2 Å². The van der Waals surface area contributed by atoms with E-state index in [1.54, 1.807) is 0 Å². The summed E-state index contributed by atoms with van der Waals surface area (Å²) in [7, 11) is 0. The number of hydrogen-bond acceptors (Lipinski definition) is 3. The van der Waals surface area contributed by atoms with Crippen LogP contribution in [0.5, 0.6) is 0 Å². The van der Waals surface area contributed by atoms with Gasteiger partial charge in [-0.2, -0.15) is 0 Å². The van der Waals surface area contributed by atoms with Crippen LogP contribution in [-0.4, -0.2) is 17.6 Å². The van der Waals surface area contributed by atoms with Crippen LogP contribution in [0.3, 0.4) is 0 Å². The number of halogens is 1. The van der Waals surface area contributed by atoms with Crippen molar-refractivity contribution in [2.75, 3.05) is 6.54 Å². The first-order valence-electron chi connectivity index (χ1n) is 4.58. The Morgan fingerprint density at radius 2 is 2.40 bits per heavy atom. The van der Waals surface area contributed by atoms with Gasteiger partial charge in [-0.15, -0.1) is 0 Å². The smallest absolute Gasteiger partial charge is 0.153 e. The van der Waals surface area contributed by atoms with Crippen LogP contribution in [0, 0.1) is 0 Å². The average Bonchev–Trinajstić information content (AvgIpc) is 2.25. The molecule has 0 fully saturated rings. The minimum Gasteiger partial charge on any atom is -0.409 e. The Bertz CT molecular complexity index is 354. The number of oxime groups is 1. The summed E-state index contributed by atoms with van der Waals surface area (Å²) in [6.07, 6.45) is 0. The molecule has 0 saturated carbocycles. The van der Waals surface area contributed by atoms with Crippen molar-refractivity contribution in [2.45, 2.75) is 13.0 Å². The summed E-state index contributed by atoms with van der Waals surface area (Å²) in [5.41, 5.74) is 6.40. The lowest BCUT2D eigenvalue weighted by atomic mass is 10.1. The molecular formula is C10H14ClN3O. The van der Waals surface area contributed by atoms with Gasteiger partial charge in [-0.3, -0.25) is 0 Å². The van der Waals surface area contributed by atoms with E-state index in [0.29, 0.717) is 11.6 Å². The molecule has 82 valence electrons. The summed E-state index contributed by atoms with van der Waals surface area (Å²) >= 11 is 5.86. The van der Waals surface area contributed by atoms with Crippen LogP contribution in [0.2, 0.25) is 5.02 Å². The molecule has 1 atom stereocenters. The number of rotatable bonds is 4. The molecule has 0 radical (unpaired) electrons. The first kappa shape index (κ1) is 11.8. The molecule has 0 amide bonds. The molecule has 0 heterocycles. The first-order valence-corrected chi connectivity index (χ1v) is 4.96. The minimum absolute atomic E-state index is 0.101. The van der Waals surface area contributed by atoms with Gasteiger partial charge in [-0.05, 0) is 24.6 Å². The fourth-order valence-electron chi connectivity index (χ4n) is 1.19. The Morgan fingerprint density at radius 1 is 1.67 bits per heavy atom. The monoisotopic (exact) mass is 227 g/mol. The highest BCUT2D eigenvalue weighted by molar-refractivity contribution is 6.30. The maximum atomic E-state index is 8.36. The lowest BCUT2D eigenvalue weighted by Gasteiger charge is -2.13. The normalized spacial score (nSPS) is 13.9. The molecule has 0 spiro atoms. The van der Waals surface area contributed by atoms with Crippen molar-refractivity contribution in [3.8, 4) is 0 Å². The van der Waals surface area contributed by atoms with E-state index in [-0.39, 0.29) is 11.9 Å². The second-order valence-corrected chi connectivity index (χ2v) is 3.69. The molecule has 1 aromatic carbocycles. The van der Waals surface area contributed by atoms with E-state index < -0.39 is 0 Å². The molecule has 4 N–H and O–H groups in total. The summed E-state index contributed by atoms with van der Waals surface area (Å²) in [4.78, 5) is 0. The Morgan fingerprint density at radius 3 is 3.00 bits per heavy atom. The number of nitrogens with zero attached hydrogens (tertiary/aromatic N) is 1. The number of hydrogen-bond donors (Lipinski definition) is 3. The molecule has 0 saturated heterocycles. The van der Waals surface area contributed by atoms with Gasteiger partial charge in [0.25, 0.3) is 0 Å². The molecular weight excluding hydrogens is 214 g/mol. The molecule has 5 heteroatoms. The molecule has 1 rings (SSSR count). The van der Waals surface area contributed by atoms with Crippen molar-refractivity contribution < 1.29 is 5.21 Å². The molecule has 0 unspecified atom stereocenters. The zero-order valence-electron chi connectivity index (χ0n) is 8.44. The van der Waals surface area contributed by atoms with Gasteiger partial charge in [-0.1, -0.05) is 28.9 Å². The maximum absolute atomic E-state index is 8.36. The van der Waals surface area contributed by atoms with Crippen molar-refractivity contribution in [1.82, 2.24) is 5.32 Å². The van der Waals surface area contributed by atoms with E-state index in [1.165, 1.54) is 0 Å². The molecule has 0 aliphatic heterocycles. The van der Waals surface area contributed by atoms with Gasteiger partial charge < -0.3 is 16.3 Å². The second kappa shape index (κ2) is 5.58. The van der Waals surface area contributed by atoms with Gasteiger partial charge in [-0.25, -0.2) is 0 Å². The lowest BCUT2D eigenvalue weighted by molar-refractivity contribution is 0.316. The van der Waals surface area contributed by atoms with Crippen LogP contribution < -0.4 is 11.1 Å². The number of nitrogens with one attached hydrogen (secondary N) is 1. The van der Waals surface area contributed by atoms with Crippen molar-refractivity contribution in [3.63, 3.8) is 0 Å². The third kappa shape index (κ3) is 3.77. The fourth-order valence-corrected chi connectivity index (χ4v) is 1.39. The topological polar surface area (TPSA) is 70.6 Å². The van der Waals surface area contributed by atoms with E-state index in [0.717, 1.165) is 5.56 Å². The summed E-state index contributed by atoms with van der Waals surface area (Å²) in [6, 6.07) is 7.66. The van der Waals surface area contributed by atoms with Gasteiger partial charge >= 0.3 is 0 Å². The van der Waals surface area contributed by atoms with E-state index in [2.05, 4.69) is 10.5 Å². The van der Waals surface area contributed by atoms with Crippen molar-refractivity contribution in [2.24, 2.45) is 10.9 Å². The van der Waals surface area contributed by atoms with E-state index in [9.17, 15) is 0 Å². The van der Waals surface area contributed by atoms with Crippen LogP contribution in [0.1, 0.15) is 18.5 Å². The van der Waals surface area contributed by atoms with Gasteiger partial charge in [0.15, 0.2) is 5.84 Å². The van der Waals surface area contributed by atoms with Gasteiger partial charge in [0.05, 0.1) is 6.54 Å². The SMILES string of the molecule is C[C@H](NC/C(N)=N/O)c1cccc(Cl)c1. The Hall–Kier alpha value is -1.26. The van der Waals surface area contributed by atoms with Crippen LogP contribution in [0.4, 0.5) is 0 Å². The lowest BCUT2D eigenvalue weighted by Crippen LogP contribution is -2.30. The molecule has 0 aromatic heterocycles. The predicted molar refractivity (Wildman–Crippen MR) is 61.3 cm³/mol. The summed E-state index contributed by atoms with van der Waals surface area (Å²) in [6.45, 7) is 2.32. The van der Waals surface area contributed by atoms with Crippen LogP contribution in [0.15, 0.2) is 29.4 Å². The van der Waals surface area contributed by atoms with Crippen LogP contribution in [-0.2, 0) is 0 Å². The third-order valence-electron chi connectivity index (χ3n) is 2.07. The predicted octanol–water partition coefficient (Wildman–Crippen LogP) is 1.74. The molecule has 0 aliphatic rings. The Kier molecular flexibility index (Phi) is 4.39. The Labute approximate surface area is 93.7 Å². The van der Waals surface area contributed by atoms with Crippen molar-refractivity contribution in [3.05, 3.63) is 34.9 Å². The third-order valence-corrected chi connectivity index (χ3v) is 2.30. The summed E-state index contributed by atoms with van der Waals surface area (Å²) < 4.78 is 0. The number of amidine groups is 1. The van der Waals surface area contributed by atoms with Gasteiger partial charge in [0.2, 0.25) is 0 Å². The Balaban J connectivity index is 2.57. The zero-order chi connectivity index (χ0) is 11.3. The molecule has 15 heavy (non-hydrogen) atoms. The zero-order valence-corrected chi connectivity index (χ0v) is 9.20. The highest BCUT2D eigenvalue weighted by atomic mass is 35.5. The van der Waals surface area contributed by atoms with E-state index in [4.69, 9.17) is 22.5 Å². The molecule has 0 aliphatic carbocycles. The quantitative estimate of drug-likeness (QED) is 0.318. The molecule has 4 nitrogen and oxygen atoms in total. The highest BCUT2D eigenvalue weighted by Gasteiger charge is 2.05. The van der Waals surface area contributed by atoms with Crippen LogP contribution in [0.25, 0.3) is 0 Å². The number of benzene rings is 1. The van der Waals surface area contributed by atoms with E-state index >= 15 is 0 Å². The van der Waals surface area contributed by atoms with Gasteiger partial charge in [0, 0.05) is 11.1 Å².